The molecule has 1 aliphatic rings. The Balaban J connectivity index is 1.73. The molecule has 0 aliphatic carbocycles. The smallest absolute Gasteiger partial charge is 0.226 e. The lowest BCUT2D eigenvalue weighted by molar-refractivity contribution is -0.119. The largest absolute Gasteiger partial charge is 0.352 e. The maximum absolute atomic E-state index is 12.4. The molecule has 1 atom stereocenters. The van der Waals surface area contributed by atoms with Gasteiger partial charge in [-0.3, -0.25) is 9.59 Å². The Labute approximate surface area is 188 Å². The van der Waals surface area contributed by atoms with Gasteiger partial charge in [0.2, 0.25) is 17.8 Å². The highest BCUT2D eigenvalue weighted by Crippen LogP contribution is 2.28. The van der Waals surface area contributed by atoms with Gasteiger partial charge in [0, 0.05) is 39.5 Å². The van der Waals surface area contributed by atoms with E-state index in [0.29, 0.717) is 25.2 Å². The number of nitrogens with one attached hydrogen (secondary N) is 1. The van der Waals surface area contributed by atoms with Crippen LogP contribution in [0.1, 0.15) is 38.7 Å². The molecule has 1 saturated heterocycles. The number of carbonyl (C=O) groups is 2. The lowest BCUT2D eigenvalue weighted by Crippen LogP contribution is -2.36. The van der Waals surface area contributed by atoms with Crippen LogP contribution in [-0.4, -0.2) is 52.5 Å². The van der Waals surface area contributed by atoms with Crippen LogP contribution >= 0.6 is 0 Å². The maximum Gasteiger partial charge on any atom is 0.226 e. The second kappa shape index (κ2) is 9.38. The number of imidazole rings is 1. The van der Waals surface area contributed by atoms with Gasteiger partial charge in [0.05, 0.1) is 23.9 Å². The van der Waals surface area contributed by atoms with E-state index in [1.54, 1.807) is 25.1 Å². The van der Waals surface area contributed by atoms with Crippen molar-refractivity contribution in [3.8, 4) is 0 Å². The number of nitrogens with zero attached hydrogens (tertiary/aromatic N) is 5. The van der Waals surface area contributed by atoms with Crippen molar-refractivity contribution in [2.45, 2.75) is 45.7 Å². The quantitative estimate of drug-likeness (QED) is 0.618. The van der Waals surface area contributed by atoms with Gasteiger partial charge in [-0.15, -0.1) is 0 Å². The number of hydrogen-bond donors (Lipinski definition) is 1. The zero-order chi connectivity index (χ0) is 22.7. The maximum atomic E-state index is 12.4. The number of aromatic nitrogens is 3. The number of fused-ring (bicyclic) bond motifs is 1. The second-order valence-electron chi connectivity index (χ2n) is 8.35. The van der Waals surface area contributed by atoms with Crippen molar-refractivity contribution in [1.29, 1.82) is 0 Å². The zero-order valence-electron chi connectivity index (χ0n) is 18.9. The molecule has 2 amide bonds. The van der Waals surface area contributed by atoms with Crippen LogP contribution in [0.25, 0.3) is 11.2 Å². The third-order valence-electron chi connectivity index (χ3n) is 5.86. The van der Waals surface area contributed by atoms with Crippen molar-refractivity contribution >= 4 is 34.6 Å². The van der Waals surface area contributed by atoms with Crippen molar-refractivity contribution in [3.05, 3.63) is 48.2 Å². The third kappa shape index (κ3) is 4.59. The molecule has 1 aliphatic heterocycles. The molecule has 8 heteroatoms. The predicted octanol–water partition coefficient (Wildman–Crippen LogP) is 2.96. The first-order chi connectivity index (χ1) is 15.5. The molecule has 1 fully saturated rings. The molecule has 3 heterocycles. The molecule has 8 nitrogen and oxygen atoms in total. The van der Waals surface area contributed by atoms with E-state index < -0.39 is 0 Å². The van der Waals surface area contributed by atoms with Crippen molar-refractivity contribution < 1.29 is 9.59 Å². The number of pyridine rings is 1. The Morgan fingerprint density at radius 1 is 1.25 bits per heavy atom. The van der Waals surface area contributed by atoms with Gasteiger partial charge >= 0.3 is 0 Å². The lowest BCUT2D eigenvalue weighted by Gasteiger charge is -2.20. The first-order valence-corrected chi connectivity index (χ1v) is 11.1. The average Bonchev–Trinajstić information content (AvgIpc) is 3.38. The summed E-state index contributed by atoms with van der Waals surface area (Å²) in [5.74, 6) is 0.894. The van der Waals surface area contributed by atoms with Gasteiger partial charge in [-0.05, 0) is 24.5 Å². The van der Waals surface area contributed by atoms with Crippen LogP contribution in [0.15, 0.2) is 42.6 Å². The van der Waals surface area contributed by atoms with Gasteiger partial charge < -0.3 is 19.7 Å². The van der Waals surface area contributed by atoms with E-state index in [0.717, 1.165) is 42.1 Å². The van der Waals surface area contributed by atoms with Gasteiger partial charge in [-0.25, -0.2) is 4.98 Å². The summed E-state index contributed by atoms with van der Waals surface area (Å²) in [5.41, 5.74) is 3.46. The summed E-state index contributed by atoms with van der Waals surface area (Å²) in [5, 5.41) is 3.02. The van der Waals surface area contributed by atoms with Crippen LogP contribution in [-0.2, 0) is 16.1 Å². The Morgan fingerprint density at radius 3 is 2.75 bits per heavy atom. The number of rotatable bonds is 7. The van der Waals surface area contributed by atoms with Crippen molar-refractivity contribution in [2.24, 2.45) is 0 Å². The molecule has 0 radical (unpaired) electrons. The number of amides is 2. The summed E-state index contributed by atoms with van der Waals surface area (Å²) in [4.78, 5) is 37.2. The summed E-state index contributed by atoms with van der Waals surface area (Å²) in [7, 11) is 1.79. The number of carbonyl (C=O) groups excluding carboxylic acids is 2. The van der Waals surface area contributed by atoms with E-state index >= 15 is 0 Å². The Bertz CT molecular complexity index is 1110. The predicted molar refractivity (Wildman–Crippen MR) is 126 cm³/mol. The zero-order valence-corrected chi connectivity index (χ0v) is 18.9. The molecule has 32 heavy (non-hydrogen) atoms. The Morgan fingerprint density at radius 2 is 2.03 bits per heavy atom. The van der Waals surface area contributed by atoms with Crippen molar-refractivity contribution in [3.63, 3.8) is 0 Å². The van der Waals surface area contributed by atoms with Gasteiger partial charge in [0.15, 0.2) is 5.65 Å². The summed E-state index contributed by atoms with van der Waals surface area (Å²) in [6, 6.07) is 12.3. The average molecular weight is 435 g/mol. The summed E-state index contributed by atoms with van der Waals surface area (Å²) in [6.07, 6.45) is 3.89. The molecule has 168 valence electrons. The molecular formula is C24H30N6O2. The SMILES string of the molecule is CCCC(=O)N(C)c1cnc2nc(N3CCC(NC(C)=O)C3)n(Cc3ccccc3)c2c1. The van der Waals surface area contributed by atoms with Gasteiger partial charge in [-0.1, -0.05) is 37.3 Å². The van der Waals surface area contributed by atoms with E-state index in [9.17, 15) is 9.59 Å². The molecule has 0 saturated carbocycles. The van der Waals surface area contributed by atoms with Crippen LogP contribution < -0.4 is 15.1 Å². The number of anilines is 2. The van der Waals surface area contributed by atoms with Gasteiger partial charge in [0.25, 0.3) is 0 Å². The molecule has 4 rings (SSSR count). The van der Waals surface area contributed by atoms with E-state index in [2.05, 4.69) is 31.9 Å². The fourth-order valence-corrected chi connectivity index (χ4v) is 4.20. The highest BCUT2D eigenvalue weighted by Gasteiger charge is 2.28. The molecule has 1 aromatic carbocycles. The van der Waals surface area contributed by atoms with Crippen molar-refractivity contribution in [1.82, 2.24) is 19.9 Å². The molecule has 3 aromatic rings. The standard InChI is InChI=1S/C24H30N6O2/c1-4-8-22(32)28(3)20-13-21-23(25-14-20)27-24(29-12-11-19(16-29)26-17(2)31)30(21)15-18-9-6-5-7-10-18/h5-7,9-10,13-14,19H,4,8,11-12,15-16H2,1-3H3,(H,26,31). The van der Waals surface area contributed by atoms with Crippen LogP contribution in [0.5, 0.6) is 0 Å². The van der Waals surface area contributed by atoms with Gasteiger partial charge in [0.1, 0.15) is 0 Å². The summed E-state index contributed by atoms with van der Waals surface area (Å²) in [6.45, 7) is 5.71. The summed E-state index contributed by atoms with van der Waals surface area (Å²) >= 11 is 0. The number of benzene rings is 1. The lowest BCUT2D eigenvalue weighted by atomic mass is 10.2. The monoisotopic (exact) mass is 434 g/mol. The molecule has 0 bridgehead atoms. The molecular weight excluding hydrogens is 404 g/mol. The second-order valence-corrected chi connectivity index (χ2v) is 8.35. The van der Waals surface area contributed by atoms with Crippen LogP contribution in [0.3, 0.4) is 0 Å². The Kier molecular flexibility index (Phi) is 6.39. The molecule has 1 N–H and O–H groups in total. The Hall–Kier alpha value is -3.42. The van der Waals surface area contributed by atoms with E-state index in [4.69, 9.17) is 4.98 Å². The normalized spacial score (nSPS) is 15.8. The molecule has 1 unspecified atom stereocenters. The number of hydrogen-bond acceptors (Lipinski definition) is 5. The highest BCUT2D eigenvalue weighted by atomic mass is 16.2. The first-order valence-electron chi connectivity index (χ1n) is 11.1. The van der Waals surface area contributed by atoms with Crippen molar-refractivity contribution in [2.75, 3.05) is 29.9 Å². The van der Waals surface area contributed by atoms with Gasteiger partial charge in [-0.2, -0.15) is 4.98 Å². The minimum atomic E-state index is -0.0132. The molecule has 0 spiro atoms. The highest BCUT2D eigenvalue weighted by molar-refractivity contribution is 5.94. The third-order valence-corrected chi connectivity index (χ3v) is 5.86. The fraction of sp³-hybridized carbons (Fsp3) is 0.417. The van der Waals surface area contributed by atoms with E-state index in [1.165, 1.54) is 0 Å². The van der Waals surface area contributed by atoms with Crippen LogP contribution in [0.2, 0.25) is 0 Å². The first kappa shape index (κ1) is 21.8. The van der Waals surface area contributed by atoms with Crippen LogP contribution in [0, 0.1) is 0 Å². The van der Waals surface area contributed by atoms with E-state index in [1.807, 2.05) is 31.2 Å². The topological polar surface area (TPSA) is 83.4 Å². The van der Waals surface area contributed by atoms with Crippen LogP contribution in [0.4, 0.5) is 11.6 Å². The summed E-state index contributed by atoms with van der Waals surface area (Å²) < 4.78 is 2.16. The minimum Gasteiger partial charge on any atom is -0.352 e. The van der Waals surface area contributed by atoms with E-state index in [-0.39, 0.29) is 17.9 Å². The minimum absolute atomic E-state index is 0.0132. The molecule has 2 aromatic heterocycles. The fourth-order valence-electron chi connectivity index (χ4n) is 4.20.